The fourth-order valence-electron chi connectivity index (χ4n) is 3.87. The molecule has 0 saturated heterocycles. The summed E-state index contributed by atoms with van der Waals surface area (Å²) < 4.78 is 33.9. The average molecular weight is 607 g/mol. The summed E-state index contributed by atoms with van der Waals surface area (Å²) in [6.45, 7) is 4.94. The van der Waals surface area contributed by atoms with Gasteiger partial charge in [0.25, 0.3) is 10.0 Å². The van der Waals surface area contributed by atoms with E-state index < -0.39 is 28.5 Å². The van der Waals surface area contributed by atoms with E-state index >= 15 is 0 Å². The van der Waals surface area contributed by atoms with Crippen molar-refractivity contribution < 1.29 is 22.7 Å². The van der Waals surface area contributed by atoms with Gasteiger partial charge in [0.15, 0.2) is 0 Å². The molecule has 0 spiro atoms. The van der Waals surface area contributed by atoms with Crippen molar-refractivity contribution in [2.45, 2.75) is 50.7 Å². The molecule has 0 bridgehead atoms. The first-order valence-corrected chi connectivity index (χ1v) is 14.9. The Labute approximate surface area is 245 Å². The Hall–Kier alpha value is -3.27. The second kappa shape index (κ2) is 13.9. The van der Waals surface area contributed by atoms with Crippen LogP contribution in [0, 0.1) is 0 Å². The molecule has 40 heavy (non-hydrogen) atoms. The van der Waals surface area contributed by atoms with Crippen LogP contribution in [0.2, 0.25) is 10.0 Å². The van der Waals surface area contributed by atoms with Crippen LogP contribution >= 0.6 is 23.2 Å². The fourth-order valence-corrected chi connectivity index (χ4v) is 5.59. The molecule has 0 aromatic heterocycles. The smallest absolute Gasteiger partial charge is 0.264 e. The summed E-state index contributed by atoms with van der Waals surface area (Å²) in [6.07, 6.45) is 0.715. The molecule has 0 aliphatic rings. The maximum absolute atomic E-state index is 13.9. The number of nitrogens with zero attached hydrogens (tertiary/aromatic N) is 2. The number of hydrogen-bond donors (Lipinski definition) is 1. The van der Waals surface area contributed by atoms with E-state index in [1.807, 2.05) is 13.8 Å². The highest BCUT2D eigenvalue weighted by Crippen LogP contribution is 2.28. The van der Waals surface area contributed by atoms with Crippen molar-refractivity contribution in [3.05, 3.63) is 88.4 Å². The number of hydrogen-bond acceptors (Lipinski definition) is 5. The highest BCUT2D eigenvalue weighted by Gasteiger charge is 2.33. The first-order valence-electron chi connectivity index (χ1n) is 12.7. The third-order valence-electron chi connectivity index (χ3n) is 6.46. The number of anilines is 1. The molecular weight excluding hydrogens is 573 g/mol. The van der Waals surface area contributed by atoms with Crippen LogP contribution in [-0.4, -0.2) is 50.9 Å². The number of benzene rings is 3. The molecule has 2 atom stereocenters. The molecule has 0 radical (unpaired) electrons. The van der Waals surface area contributed by atoms with Crippen LogP contribution in [0.25, 0.3) is 0 Å². The van der Waals surface area contributed by atoms with Gasteiger partial charge in [-0.1, -0.05) is 48.3 Å². The van der Waals surface area contributed by atoms with Gasteiger partial charge in [-0.05, 0) is 80.4 Å². The lowest BCUT2D eigenvalue weighted by atomic mass is 10.1. The summed E-state index contributed by atoms with van der Waals surface area (Å²) in [4.78, 5) is 28.3. The summed E-state index contributed by atoms with van der Waals surface area (Å²) in [5.41, 5.74) is 0.938. The largest absolute Gasteiger partial charge is 0.497 e. The van der Waals surface area contributed by atoms with E-state index in [0.717, 1.165) is 9.87 Å². The highest BCUT2D eigenvalue weighted by atomic mass is 35.5. The van der Waals surface area contributed by atoms with Crippen molar-refractivity contribution in [2.24, 2.45) is 0 Å². The van der Waals surface area contributed by atoms with E-state index in [-0.39, 0.29) is 29.1 Å². The van der Waals surface area contributed by atoms with Crippen molar-refractivity contribution in [3.63, 3.8) is 0 Å². The number of methoxy groups -OCH3 is 1. The second-order valence-electron chi connectivity index (χ2n) is 9.31. The fraction of sp³-hybridized carbons (Fsp3) is 0.310. The average Bonchev–Trinajstić information content (AvgIpc) is 2.94. The van der Waals surface area contributed by atoms with Crippen molar-refractivity contribution >= 4 is 50.7 Å². The number of sulfonamides is 1. The number of ether oxygens (including phenoxy) is 1. The van der Waals surface area contributed by atoms with E-state index in [2.05, 4.69) is 5.32 Å². The zero-order chi connectivity index (χ0) is 29.4. The minimum Gasteiger partial charge on any atom is -0.497 e. The monoisotopic (exact) mass is 605 g/mol. The van der Waals surface area contributed by atoms with Crippen LogP contribution in [0.5, 0.6) is 5.75 Å². The molecule has 3 aromatic rings. The molecule has 2 amide bonds. The topological polar surface area (TPSA) is 96.0 Å². The second-order valence-corrected chi connectivity index (χ2v) is 12.0. The predicted octanol–water partition coefficient (Wildman–Crippen LogP) is 5.53. The van der Waals surface area contributed by atoms with Crippen LogP contribution in [0.3, 0.4) is 0 Å². The molecule has 214 valence electrons. The van der Waals surface area contributed by atoms with E-state index in [1.54, 1.807) is 49.4 Å². The molecule has 8 nitrogen and oxygen atoms in total. The number of carbonyl (C=O) groups excluding carboxylic acids is 2. The quantitative estimate of drug-likeness (QED) is 0.293. The van der Waals surface area contributed by atoms with Gasteiger partial charge in [-0.15, -0.1) is 0 Å². The van der Waals surface area contributed by atoms with E-state index in [1.165, 1.54) is 42.3 Å². The van der Waals surface area contributed by atoms with Gasteiger partial charge in [-0.25, -0.2) is 8.42 Å². The molecule has 1 N–H and O–H groups in total. The summed E-state index contributed by atoms with van der Waals surface area (Å²) in [7, 11) is -2.74. The van der Waals surface area contributed by atoms with E-state index in [0.29, 0.717) is 22.2 Å². The van der Waals surface area contributed by atoms with Crippen LogP contribution in [-0.2, 0) is 26.2 Å². The van der Waals surface area contributed by atoms with Gasteiger partial charge in [0.2, 0.25) is 11.8 Å². The summed E-state index contributed by atoms with van der Waals surface area (Å²) in [5.74, 6) is -0.428. The van der Waals surface area contributed by atoms with Crippen molar-refractivity contribution in [1.82, 2.24) is 10.2 Å². The summed E-state index contributed by atoms with van der Waals surface area (Å²) in [5, 5.41) is 3.74. The lowest BCUT2D eigenvalue weighted by molar-refractivity contribution is -0.139. The lowest BCUT2D eigenvalue weighted by Crippen LogP contribution is -2.52. The molecule has 0 heterocycles. The molecule has 3 rings (SSSR count). The maximum Gasteiger partial charge on any atom is 0.264 e. The Morgan fingerprint density at radius 1 is 0.950 bits per heavy atom. The minimum atomic E-state index is -4.22. The number of carbonyl (C=O) groups is 2. The molecule has 0 saturated carbocycles. The molecule has 0 fully saturated rings. The lowest BCUT2D eigenvalue weighted by Gasteiger charge is -2.32. The third-order valence-corrected chi connectivity index (χ3v) is 8.73. The van der Waals surface area contributed by atoms with Crippen molar-refractivity contribution in [2.75, 3.05) is 18.0 Å². The first-order chi connectivity index (χ1) is 19.0. The van der Waals surface area contributed by atoms with Gasteiger partial charge in [-0.2, -0.15) is 0 Å². The maximum atomic E-state index is 13.9. The third kappa shape index (κ3) is 7.90. The van der Waals surface area contributed by atoms with E-state index in [9.17, 15) is 18.0 Å². The van der Waals surface area contributed by atoms with Gasteiger partial charge >= 0.3 is 0 Å². The van der Waals surface area contributed by atoms with E-state index in [4.69, 9.17) is 27.9 Å². The number of rotatable bonds is 12. The predicted molar refractivity (Wildman–Crippen MR) is 158 cm³/mol. The van der Waals surface area contributed by atoms with Gasteiger partial charge in [0, 0.05) is 22.6 Å². The Bertz CT molecular complexity index is 1420. The summed E-state index contributed by atoms with van der Waals surface area (Å²) in [6, 6.07) is 18.0. The van der Waals surface area contributed by atoms with Crippen LogP contribution in [0.15, 0.2) is 77.7 Å². The van der Waals surface area contributed by atoms with Gasteiger partial charge in [0.05, 0.1) is 17.7 Å². The molecule has 3 aromatic carbocycles. The summed E-state index contributed by atoms with van der Waals surface area (Å²) >= 11 is 12.2. The minimum absolute atomic E-state index is 0.0344. The van der Waals surface area contributed by atoms with Gasteiger partial charge in [0.1, 0.15) is 18.3 Å². The Kier molecular flexibility index (Phi) is 10.8. The van der Waals surface area contributed by atoms with Gasteiger partial charge < -0.3 is 15.0 Å². The molecule has 11 heteroatoms. The SMILES string of the molecule is CC[C@H](C)NC(=O)[C@@H](C)N(Cc1ccc(Cl)cc1)C(=O)CN(c1cccc(Cl)c1)S(=O)(=O)c1ccc(OC)cc1. The zero-order valence-corrected chi connectivity index (χ0v) is 25.1. The zero-order valence-electron chi connectivity index (χ0n) is 22.8. The van der Waals surface area contributed by atoms with Gasteiger partial charge in [-0.3, -0.25) is 13.9 Å². The number of amides is 2. The van der Waals surface area contributed by atoms with Crippen molar-refractivity contribution in [1.29, 1.82) is 0 Å². The molecular formula is C29H33Cl2N3O5S. The Balaban J connectivity index is 2.02. The Morgan fingerprint density at radius 3 is 2.17 bits per heavy atom. The highest BCUT2D eigenvalue weighted by molar-refractivity contribution is 7.92. The molecule has 0 aliphatic heterocycles. The Morgan fingerprint density at radius 2 is 1.60 bits per heavy atom. The molecule has 0 unspecified atom stereocenters. The van der Waals surface area contributed by atoms with Crippen LogP contribution in [0.1, 0.15) is 32.8 Å². The van der Waals surface area contributed by atoms with Crippen molar-refractivity contribution in [3.8, 4) is 5.75 Å². The number of halogens is 2. The van der Waals surface area contributed by atoms with Crippen LogP contribution < -0.4 is 14.4 Å². The standard InChI is InChI=1S/C29H33Cl2N3O5S/c1-5-20(2)32-29(36)21(3)33(18-22-9-11-23(30)12-10-22)28(35)19-34(25-8-6-7-24(31)17-25)40(37,38)27-15-13-26(39-4)14-16-27/h6-17,20-21H,5,18-19H2,1-4H3,(H,32,36)/t20-,21+/m0/s1. The molecule has 0 aliphatic carbocycles. The number of nitrogens with one attached hydrogen (secondary N) is 1. The van der Waals surface area contributed by atoms with Crippen LogP contribution in [0.4, 0.5) is 5.69 Å². The normalized spacial score (nSPS) is 12.8. The first kappa shape index (κ1) is 31.3.